The summed E-state index contributed by atoms with van der Waals surface area (Å²) in [6.07, 6.45) is 0. The molecule has 5 nitrogen and oxygen atoms in total. The third kappa shape index (κ3) is 4.42. The van der Waals surface area contributed by atoms with Gasteiger partial charge in [-0.05, 0) is 24.8 Å². The second kappa shape index (κ2) is 7.60. The van der Waals surface area contributed by atoms with Crippen LogP contribution in [0.15, 0.2) is 29.4 Å². The van der Waals surface area contributed by atoms with E-state index in [1.54, 1.807) is 19.0 Å². The van der Waals surface area contributed by atoms with Crippen molar-refractivity contribution in [3.63, 3.8) is 0 Å². The normalized spacial score (nSPS) is 12.9. The van der Waals surface area contributed by atoms with E-state index >= 15 is 0 Å². The fourth-order valence-corrected chi connectivity index (χ4v) is 3.62. The van der Waals surface area contributed by atoms with E-state index in [0.717, 1.165) is 23.1 Å². The maximum Gasteiger partial charge on any atom is 0.235 e. The molecule has 0 N–H and O–H groups in total. The van der Waals surface area contributed by atoms with Gasteiger partial charge in [0, 0.05) is 26.2 Å². The van der Waals surface area contributed by atoms with E-state index in [-0.39, 0.29) is 16.6 Å². The first kappa shape index (κ1) is 19.5. The van der Waals surface area contributed by atoms with E-state index in [0.29, 0.717) is 0 Å². The van der Waals surface area contributed by atoms with Crippen molar-refractivity contribution in [2.75, 3.05) is 14.1 Å². The van der Waals surface area contributed by atoms with Crippen LogP contribution in [-0.4, -0.2) is 44.9 Å². The lowest BCUT2D eigenvalue weighted by Crippen LogP contribution is -2.29. The summed E-state index contributed by atoms with van der Waals surface area (Å²) in [5.41, 5.74) is 2.46. The molecule has 0 bridgehead atoms. The smallest absolute Gasteiger partial charge is 0.235 e. The topological polar surface area (TPSA) is 51.0 Å². The lowest BCUT2D eigenvalue weighted by molar-refractivity contribution is -0.127. The molecule has 0 aliphatic rings. The van der Waals surface area contributed by atoms with Crippen LogP contribution in [0.4, 0.5) is 0 Å². The molecular weight excluding hydrogens is 332 g/mol. The quantitative estimate of drug-likeness (QED) is 0.761. The molecule has 1 amide bonds. The van der Waals surface area contributed by atoms with Gasteiger partial charge in [0.2, 0.25) is 5.91 Å². The minimum absolute atomic E-state index is 0.0757. The molecule has 0 aliphatic carbocycles. The van der Waals surface area contributed by atoms with Crippen LogP contribution in [0.1, 0.15) is 40.2 Å². The molecule has 0 saturated carbocycles. The minimum atomic E-state index is -0.194. The summed E-state index contributed by atoms with van der Waals surface area (Å²) in [7, 11) is 3.54. The number of aromatic nitrogens is 3. The van der Waals surface area contributed by atoms with Crippen molar-refractivity contribution in [3.8, 4) is 11.4 Å². The van der Waals surface area contributed by atoms with E-state index in [1.165, 1.54) is 17.3 Å². The predicted molar refractivity (Wildman–Crippen MR) is 104 cm³/mol. The first-order valence-corrected chi connectivity index (χ1v) is 9.45. The van der Waals surface area contributed by atoms with E-state index in [9.17, 15) is 4.79 Å². The summed E-state index contributed by atoms with van der Waals surface area (Å²) in [5.74, 6) is 0.918. The monoisotopic (exact) mass is 360 g/mol. The largest absolute Gasteiger partial charge is 0.348 e. The third-order valence-corrected chi connectivity index (χ3v) is 5.18. The summed E-state index contributed by atoms with van der Waals surface area (Å²) in [5, 5.41) is 9.28. The number of thioether (sulfide) groups is 1. The zero-order valence-electron chi connectivity index (χ0n) is 16.2. The van der Waals surface area contributed by atoms with Crippen molar-refractivity contribution in [2.45, 2.75) is 57.0 Å². The van der Waals surface area contributed by atoms with Gasteiger partial charge in [0.1, 0.15) is 0 Å². The molecular formula is C19H28N4OS. The Labute approximate surface area is 154 Å². The van der Waals surface area contributed by atoms with Gasteiger partial charge in [0.15, 0.2) is 11.0 Å². The summed E-state index contributed by atoms with van der Waals surface area (Å²) < 4.78 is 2.07. The van der Waals surface area contributed by atoms with E-state index in [2.05, 4.69) is 66.7 Å². The Hall–Kier alpha value is -1.82. The Morgan fingerprint density at radius 1 is 1.20 bits per heavy atom. The number of benzene rings is 1. The molecule has 1 aromatic heterocycles. The average molecular weight is 361 g/mol. The van der Waals surface area contributed by atoms with Crippen LogP contribution in [-0.2, 0) is 16.8 Å². The molecule has 1 heterocycles. The van der Waals surface area contributed by atoms with Gasteiger partial charge in [0.05, 0.1) is 5.25 Å². The summed E-state index contributed by atoms with van der Waals surface area (Å²) in [6, 6.07) is 8.49. The molecule has 25 heavy (non-hydrogen) atoms. The minimum Gasteiger partial charge on any atom is -0.348 e. The number of hydrogen-bond acceptors (Lipinski definition) is 4. The molecule has 0 aliphatic heterocycles. The lowest BCUT2D eigenvalue weighted by Gasteiger charge is -2.19. The second-order valence-corrected chi connectivity index (χ2v) is 8.68. The highest BCUT2D eigenvalue weighted by molar-refractivity contribution is 8.00. The van der Waals surface area contributed by atoms with Crippen molar-refractivity contribution >= 4 is 17.7 Å². The van der Waals surface area contributed by atoms with Crippen LogP contribution in [0, 0.1) is 0 Å². The molecule has 1 atom stereocenters. The Bertz CT molecular complexity index is 729. The molecule has 0 spiro atoms. The molecule has 0 radical (unpaired) electrons. The van der Waals surface area contributed by atoms with Gasteiger partial charge in [0.25, 0.3) is 0 Å². The van der Waals surface area contributed by atoms with Crippen molar-refractivity contribution < 1.29 is 4.79 Å². The number of carbonyl (C=O) groups is 1. The van der Waals surface area contributed by atoms with Crippen molar-refractivity contribution in [2.24, 2.45) is 0 Å². The molecule has 1 aromatic carbocycles. The summed E-state index contributed by atoms with van der Waals surface area (Å²) in [6.45, 7) is 11.3. The Balaban J connectivity index is 2.29. The summed E-state index contributed by atoms with van der Waals surface area (Å²) >= 11 is 1.45. The summed E-state index contributed by atoms with van der Waals surface area (Å²) in [4.78, 5) is 13.7. The first-order valence-electron chi connectivity index (χ1n) is 8.57. The molecule has 0 fully saturated rings. The fraction of sp³-hybridized carbons (Fsp3) is 0.526. The molecule has 2 aromatic rings. The predicted octanol–water partition coefficient (Wildman–Crippen LogP) is 3.83. The fourth-order valence-electron chi connectivity index (χ4n) is 2.57. The van der Waals surface area contributed by atoms with Crippen LogP contribution in [0.3, 0.4) is 0 Å². The highest BCUT2D eigenvalue weighted by atomic mass is 32.2. The van der Waals surface area contributed by atoms with Crippen LogP contribution >= 0.6 is 11.8 Å². The standard InChI is InChI=1S/C19H28N4OS/c1-8-23-16(14-9-11-15(12-10-14)19(3,4)5)20-21-18(23)25-13(2)17(24)22(6)7/h9-13H,8H2,1-7H3. The molecule has 6 heteroatoms. The molecule has 1 unspecified atom stereocenters. The third-order valence-electron chi connectivity index (χ3n) is 4.11. The van der Waals surface area contributed by atoms with Crippen molar-refractivity contribution in [3.05, 3.63) is 29.8 Å². The van der Waals surface area contributed by atoms with Gasteiger partial charge >= 0.3 is 0 Å². The molecule has 136 valence electrons. The van der Waals surface area contributed by atoms with Crippen LogP contribution in [0.5, 0.6) is 0 Å². The maximum absolute atomic E-state index is 12.1. The van der Waals surface area contributed by atoms with Gasteiger partial charge in [-0.2, -0.15) is 0 Å². The first-order chi connectivity index (χ1) is 11.6. The lowest BCUT2D eigenvalue weighted by atomic mass is 9.87. The Morgan fingerprint density at radius 3 is 2.28 bits per heavy atom. The van der Waals surface area contributed by atoms with E-state index < -0.39 is 0 Å². The van der Waals surface area contributed by atoms with Gasteiger partial charge < -0.3 is 9.47 Å². The number of carbonyl (C=O) groups excluding carboxylic acids is 1. The van der Waals surface area contributed by atoms with Crippen LogP contribution < -0.4 is 0 Å². The zero-order chi connectivity index (χ0) is 18.8. The van der Waals surface area contributed by atoms with Gasteiger partial charge in [-0.15, -0.1) is 10.2 Å². The Kier molecular flexibility index (Phi) is 5.93. The number of hydrogen-bond donors (Lipinski definition) is 0. The maximum atomic E-state index is 12.1. The average Bonchev–Trinajstić information content (AvgIpc) is 2.95. The molecule has 2 rings (SSSR count). The number of amides is 1. The van der Waals surface area contributed by atoms with Crippen molar-refractivity contribution in [1.82, 2.24) is 19.7 Å². The van der Waals surface area contributed by atoms with Crippen LogP contribution in [0.25, 0.3) is 11.4 Å². The highest BCUT2D eigenvalue weighted by Crippen LogP contribution is 2.29. The number of nitrogens with zero attached hydrogens (tertiary/aromatic N) is 4. The van der Waals surface area contributed by atoms with E-state index in [1.807, 2.05) is 6.92 Å². The molecule has 0 saturated heterocycles. The Morgan fingerprint density at radius 2 is 1.80 bits per heavy atom. The SMILES string of the molecule is CCn1c(SC(C)C(=O)N(C)C)nnc1-c1ccc(C(C)(C)C)cc1. The second-order valence-electron chi connectivity index (χ2n) is 7.37. The highest BCUT2D eigenvalue weighted by Gasteiger charge is 2.21. The van der Waals surface area contributed by atoms with Crippen LogP contribution in [0.2, 0.25) is 0 Å². The van der Waals surface area contributed by atoms with E-state index in [4.69, 9.17) is 0 Å². The van der Waals surface area contributed by atoms with Crippen molar-refractivity contribution in [1.29, 1.82) is 0 Å². The number of rotatable bonds is 5. The van der Waals surface area contributed by atoms with Gasteiger partial charge in [-0.25, -0.2) is 0 Å². The van der Waals surface area contributed by atoms with Gasteiger partial charge in [-0.3, -0.25) is 4.79 Å². The zero-order valence-corrected chi connectivity index (χ0v) is 17.0. The van der Waals surface area contributed by atoms with Gasteiger partial charge in [-0.1, -0.05) is 56.8 Å².